The lowest BCUT2D eigenvalue weighted by Crippen LogP contribution is -2.35. The van der Waals surface area contributed by atoms with Crippen molar-refractivity contribution < 1.29 is 0 Å². The van der Waals surface area contributed by atoms with E-state index in [0.717, 1.165) is 25.5 Å². The standard InChI is InChI=1S/C27H29N3.ClH/c1-20-21(2)30(18-22-10-5-3-6-11-22)26-25(20)15-16-28-27(26)29-17-9-14-24(19-29)23-12-7-4-8-13-23;/h3-8,10-13,15-16,24H,9,14,17-19H2,1-2H3;1H. The van der Waals surface area contributed by atoms with Gasteiger partial charge in [-0.15, -0.1) is 12.4 Å². The summed E-state index contributed by atoms with van der Waals surface area (Å²) in [7, 11) is 0. The van der Waals surface area contributed by atoms with Crippen molar-refractivity contribution in [3.8, 4) is 0 Å². The van der Waals surface area contributed by atoms with Gasteiger partial charge in [-0.2, -0.15) is 0 Å². The molecular formula is C27H30ClN3. The molecule has 0 spiro atoms. The van der Waals surface area contributed by atoms with Crippen LogP contribution in [0.3, 0.4) is 0 Å². The Labute approximate surface area is 191 Å². The highest BCUT2D eigenvalue weighted by molar-refractivity contribution is 5.93. The summed E-state index contributed by atoms with van der Waals surface area (Å²) in [6, 6.07) is 23.9. The molecule has 1 aliphatic heterocycles. The van der Waals surface area contributed by atoms with Gasteiger partial charge < -0.3 is 9.47 Å². The first-order valence-electron chi connectivity index (χ1n) is 11.0. The average molecular weight is 432 g/mol. The third-order valence-electron chi connectivity index (χ3n) is 6.70. The predicted molar refractivity (Wildman–Crippen MR) is 133 cm³/mol. The summed E-state index contributed by atoms with van der Waals surface area (Å²) in [5, 5.41) is 1.33. The molecule has 31 heavy (non-hydrogen) atoms. The molecule has 1 fully saturated rings. The Kier molecular flexibility index (Phi) is 6.33. The molecule has 0 radical (unpaired) electrons. The van der Waals surface area contributed by atoms with Crippen LogP contribution in [-0.2, 0) is 6.54 Å². The summed E-state index contributed by atoms with van der Waals surface area (Å²) < 4.78 is 2.47. The highest BCUT2D eigenvalue weighted by atomic mass is 35.5. The fourth-order valence-electron chi connectivity index (χ4n) is 4.94. The first kappa shape index (κ1) is 21.5. The van der Waals surface area contributed by atoms with Gasteiger partial charge in [0.2, 0.25) is 0 Å². The Morgan fingerprint density at radius 1 is 0.935 bits per heavy atom. The maximum absolute atomic E-state index is 4.92. The number of piperidine rings is 1. The highest BCUT2D eigenvalue weighted by Crippen LogP contribution is 2.35. The minimum Gasteiger partial charge on any atom is -0.354 e. The Hall–Kier alpha value is -2.78. The van der Waals surface area contributed by atoms with Crippen molar-refractivity contribution in [2.75, 3.05) is 18.0 Å². The number of benzene rings is 2. The van der Waals surface area contributed by atoms with E-state index in [1.54, 1.807) is 0 Å². The van der Waals surface area contributed by atoms with E-state index in [4.69, 9.17) is 4.98 Å². The SMILES string of the molecule is Cc1c(C)n(Cc2ccccc2)c2c(N3CCCC(c4ccccc4)C3)nccc12.Cl. The molecule has 0 bridgehead atoms. The smallest absolute Gasteiger partial charge is 0.153 e. The number of fused-ring (bicyclic) bond motifs is 1. The topological polar surface area (TPSA) is 21.1 Å². The molecule has 4 heteroatoms. The van der Waals surface area contributed by atoms with Crippen LogP contribution in [-0.4, -0.2) is 22.6 Å². The molecule has 2 aromatic carbocycles. The number of aromatic nitrogens is 2. The minimum atomic E-state index is 0. The van der Waals surface area contributed by atoms with Crippen LogP contribution in [0.2, 0.25) is 0 Å². The van der Waals surface area contributed by atoms with Crippen molar-refractivity contribution in [1.82, 2.24) is 9.55 Å². The zero-order valence-corrected chi connectivity index (χ0v) is 19.1. The molecule has 0 N–H and O–H groups in total. The molecule has 2 aromatic heterocycles. The van der Waals surface area contributed by atoms with Crippen LogP contribution in [0.4, 0.5) is 5.82 Å². The van der Waals surface area contributed by atoms with Crippen LogP contribution in [0.5, 0.6) is 0 Å². The van der Waals surface area contributed by atoms with E-state index in [9.17, 15) is 0 Å². The van der Waals surface area contributed by atoms with Crippen molar-refractivity contribution in [1.29, 1.82) is 0 Å². The second-order valence-electron chi connectivity index (χ2n) is 8.51. The fourth-order valence-corrected chi connectivity index (χ4v) is 4.94. The second kappa shape index (κ2) is 9.15. The van der Waals surface area contributed by atoms with Gasteiger partial charge in [0.1, 0.15) is 0 Å². The van der Waals surface area contributed by atoms with Crippen LogP contribution in [0, 0.1) is 13.8 Å². The molecule has 0 aliphatic carbocycles. The maximum Gasteiger partial charge on any atom is 0.153 e. The van der Waals surface area contributed by atoms with Crippen LogP contribution in [0.15, 0.2) is 72.9 Å². The summed E-state index contributed by atoms with van der Waals surface area (Å²) >= 11 is 0. The number of anilines is 1. The molecule has 1 atom stereocenters. The second-order valence-corrected chi connectivity index (χ2v) is 8.51. The lowest BCUT2D eigenvalue weighted by atomic mass is 9.90. The number of halogens is 1. The molecule has 0 saturated carbocycles. The van der Waals surface area contributed by atoms with Crippen molar-refractivity contribution in [3.63, 3.8) is 0 Å². The van der Waals surface area contributed by atoms with E-state index < -0.39 is 0 Å². The average Bonchev–Trinajstić information content (AvgIpc) is 3.05. The molecular weight excluding hydrogens is 402 g/mol. The van der Waals surface area contributed by atoms with Gasteiger partial charge in [0, 0.05) is 42.8 Å². The monoisotopic (exact) mass is 431 g/mol. The third-order valence-corrected chi connectivity index (χ3v) is 6.70. The first-order valence-corrected chi connectivity index (χ1v) is 11.0. The number of hydrogen-bond donors (Lipinski definition) is 0. The third kappa shape index (κ3) is 4.07. The molecule has 3 nitrogen and oxygen atoms in total. The van der Waals surface area contributed by atoms with Gasteiger partial charge in [-0.3, -0.25) is 0 Å². The number of rotatable bonds is 4. The van der Waals surface area contributed by atoms with Gasteiger partial charge in [0.15, 0.2) is 5.82 Å². The van der Waals surface area contributed by atoms with Crippen molar-refractivity contribution in [3.05, 3.63) is 95.3 Å². The maximum atomic E-state index is 4.92. The van der Waals surface area contributed by atoms with E-state index in [1.165, 1.54) is 46.1 Å². The van der Waals surface area contributed by atoms with Gasteiger partial charge in [0.05, 0.1) is 5.52 Å². The van der Waals surface area contributed by atoms with Crippen molar-refractivity contribution in [2.24, 2.45) is 0 Å². The summed E-state index contributed by atoms with van der Waals surface area (Å²) in [5.41, 5.74) is 6.75. The molecule has 4 aromatic rings. The zero-order chi connectivity index (χ0) is 20.5. The van der Waals surface area contributed by atoms with Crippen LogP contribution in [0.1, 0.15) is 41.1 Å². The highest BCUT2D eigenvalue weighted by Gasteiger charge is 2.25. The lowest BCUT2D eigenvalue weighted by molar-refractivity contribution is 0.507. The van der Waals surface area contributed by atoms with Gasteiger partial charge in [-0.05, 0) is 49.4 Å². The molecule has 160 valence electrons. The summed E-state index contributed by atoms with van der Waals surface area (Å²) in [6.45, 7) is 7.47. The Morgan fingerprint density at radius 3 is 2.39 bits per heavy atom. The van der Waals surface area contributed by atoms with Gasteiger partial charge in [-0.1, -0.05) is 60.7 Å². The Balaban J connectivity index is 0.00000231. The van der Waals surface area contributed by atoms with Crippen LogP contribution < -0.4 is 4.90 Å². The minimum absolute atomic E-state index is 0. The summed E-state index contributed by atoms with van der Waals surface area (Å²) in [5.74, 6) is 1.71. The van der Waals surface area contributed by atoms with E-state index in [0.29, 0.717) is 5.92 Å². The number of pyridine rings is 1. The van der Waals surface area contributed by atoms with Gasteiger partial charge >= 0.3 is 0 Å². The molecule has 1 saturated heterocycles. The summed E-state index contributed by atoms with van der Waals surface area (Å²) in [6.07, 6.45) is 4.44. The molecule has 5 rings (SSSR count). The first-order chi connectivity index (χ1) is 14.7. The Morgan fingerprint density at radius 2 is 1.65 bits per heavy atom. The molecule has 1 unspecified atom stereocenters. The molecule has 0 amide bonds. The van der Waals surface area contributed by atoms with E-state index in [-0.39, 0.29) is 12.4 Å². The van der Waals surface area contributed by atoms with E-state index in [2.05, 4.69) is 90.0 Å². The quantitative estimate of drug-likeness (QED) is 0.367. The largest absolute Gasteiger partial charge is 0.354 e. The van der Waals surface area contributed by atoms with Gasteiger partial charge in [-0.25, -0.2) is 4.98 Å². The normalized spacial score (nSPS) is 16.3. The van der Waals surface area contributed by atoms with Crippen LogP contribution in [0.25, 0.3) is 10.9 Å². The number of aryl methyl sites for hydroxylation is 1. The predicted octanol–water partition coefficient (Wildman–Crippen LogP) is 6.51. The van der Waals surface area contributed by atoms with Crippen molar-refractivity contribution >= 4 is 29.1 Å². The fraction of sp³-hybridized carbons (Fsp3) is 0.296. The van der Waals surface area contributed by atoms with E-state index in [1.807, 2.05) is 6.20 Å². The van der Waals surface area contributed by atoms with Gasteiger partial charge in [0.25, 0.3) is 0 Å². The summed E-state index contributed by atoms with van der Waals surface area (Å²) in [4.78, 5) is 7.44. The Bertz CT molecular complexity index is 1150. The number of nitrogens with zero attached hydrogens (tertiary/aromatic N) is 3. The van der Waals surface area contributed by atoms with Crippen molar-refractivity contribution in [2.45, 2.75) is 39.2 Å². The molecule has 1 aliphatic rings. The lowest BCUT2D eigenvalue weighted by Gasteiger charge is -2.34. The van der Waals surface area contributed by atoms with E-state index >= 15 is 0 Å². The van der Waals surface area contributed by atoms with Crippen LogP contribution >= 0.6 is 12.4 Å². The number of hydrogen-bond acceptors (Lipinski definition) is 2. The molecule has 3 heterocycles. The zero-order valence-electron chi connectivity index (χ0n) is 18.3.